The minimum absolute atomic E-state index is 0. The average Bonchev–Trinajstić information content (AvgIpc) is 2.48. The minimum atomic E-state index is -5.18. The molecule has 9 nitrogen and oxygen atoms in total. The number of carbonyl (C=O) groups is 2. The van der Waals surface area contributed by atoms with Crippen LogP contribution >= 0.6 is 0 Å². The van der Waals surface area contributed by atoms with Crippen molar-refractivity contribution in [1.82, 2.24) is 0 Å². The van der Waals surface area contributed by atoms with Crippen molar-refractivity contribution in [2.45, 2.75) is 4.90 Å². The first-order valence-corrected chi connectivity index (χ1v) is 7.38. The Labute approximate surface area is 154 Å². The molecule has 0 aliphatic rings. The summed E-state index contributed by atoms with van der Waals surface area (Å²) in [5.41, 5.74) is -1.27. The number of hydrogen-bond acceptors (Lipinski definition) is 9. The van der Waals surface area contributed by atoms with Crippen LogP contribution in [0.5, 0.6) is 0 Å². The third-order valence-electron chi connectivity index (χ3n) is 2.35. The van der Waals surface area contributed by atoms with Gasteiger partial charge in [0.15, 0.2) is 0 Å². The van der Waals surface area contributed by atoms with E-state index in [0.717, 1.165) is 12.1 Å². The van der Waals surface area contributed by atoms with Crippen LogP contribution in [-0.4, -0.2) is 61.5 Å². The number of aliphatic hydroxyl groups is 2. The van der Waals surface area contributed by atoms with E-state index in [-0.39, 0.29) is 29.6 Å². The summed E-state index contributed by atoms with van der Waals surface area (Å²) in [6.07, 6.45) is 0. The third-order valence-corrected chi connectivity index (χ3v) is 3.29. The molecule has 1 aromatic carbocycles. The van der Waals surface area contributed by atoms with Crippen molar-refractivity contribution in [2.24, 2.45) is 0 Å². The molecule has 0 aliphatic carbocycles. The fourth-order valence-corrected chi connectivity index (χ4v) is 2.40. The zero-order valence-corrected chi connectivity index (χ0v) is 15.0. The number of rotatable bonds is 7. The van der Waals surface area contributed by atoms with E-state index in [0.29, 0.717) is 0 Å². The molecule has 0 saturated carbocycles. The van der Waals surface area contributed by atoms with E-state index in [1.807, 2.05) is 0 Å². The quantitative estimate of drug-likeness (QED) is 0.282. The van der Waals surface area contributed by atoms with Gasteiger partial charge in [0.05, 0.1) is 29.2 Å². The Morgan fingerprint density at radius 3 is 1.70 bits per heavy atom. The number of carbonyl (C=O) groups excluding carboxylic acids is 2. The van der Waals surface area contributed by atoms with Gasteiger partial charge < -0.3 is 24.2 Å². The van der Waals surface area contributed by atoms with Crippen LogP contribution in [0, 0.1) is 0 Å². The van der Waals surface area contributed by atoms with Crippen LogP contribution in [0.15, 0.2) is 23.1 Å². The maximum Gasteiger partial charge on any atom is 1.00 e. The van der Waals surface area contributed by atoms with E-state index in [1.165, 1.54) is 6.07 Å². The van der Waals surface area contributed by atoms with Crippen molar-refractivity contribution in [3.63, 3.8) is 0 Å². The number of aliphatic hydroxyl groups excluding tert-OH is 2. The Morgan fingerprint density at radius 1 is 1.00 bits per heavy atom. The molecule has 0 fully saturated rings. The van der Waals surface area contributed by atoms with Gasteiger partial charge in [0.1, 0.15) is 23.3 Å². The second-order valence-corrected chi connectivity index (χ2v) is 5.17. The molecule has 0 spiro atoms. The molecule has 0 heterocycles. The van der Waals surface area contributed by atoms with Crippen molar-refractivity contribution < 1.29 is 71.8 Å². The summed E-state index contributed by atoms with van der Waals surface area (Å²) < 4.78 is 43.2. The van der Waals surface area contributed by atoms with Gasteiger partial charge >= 0.3 is 41.5 Å². The van der Waals surface area contributed by atoms with Gasteiger partial charge in [0, 0.05) is 0 Å². The fraction of sp³-hybridized carbons (Fsp3) is 0.333. The number of esters is 2. The number of ether oxygens (including phenoxy) is 2. The van der Waals surface area contributed by atoms with Crippen molar-refractivity contribution in [3.8, 4) is 0 Å². The number of hydrogen-bond donors (Lipinski definition) is 2. The molecule has 0 aliphatic heterocycles. The predicted molar refractivity (Wildman–Crippen MR) is 69.1 cm³/mol. The first-order chi connectivity index (χ1) is 10.3. The van der Waals surface area contributed by atoms with Gasteiger partial charge in [-0.1, -0.05) is 6.07 Å². The maximum absolute atomic E-state index is 11.7. The molecule has 0 saturated heterocycles. The van der Waals surface area contributed by atoms with Gasteiger partial charge in [-0.15, -0.1) is 0 Å². The van der Waals surface area contributed by atoms with Gasteiger partial charge in [-0.05, 0) is 12.1 Å². The molecule has 0 amide bonds. The predicted octanol–water partition coefficient (Wildman–Crippen LogP) is -4.11. The number of benzene rings is 1. The van der Waals surface area contributed by atoms with Crippen molar-refractivity contribution >= 4 is 22.1 Å². The molecule has 122 valence electrons. The second-order valence-electron chi connectivity index (χ2n) is 3.86. The normalized spacial score (nSPS) is 10.6. The summed E-state index contributed by atoms with van der Waals surface area (Å²) >= 11 is 0. The van der Waals surface area contributed by atoms with Crippen molar-refractivity contribution in [2.75, 3.05) is 26.4 Å². The third kappa shape index (κ3) is 6.18. The standard InChI is InChI=1S/C12H14O9S.Na/c13-4-6-20-11(15)8-2-1-3-9(10(8)22(17,18)19)12(16)21-7-5-14;/h1-3,13-14H,4-7H2,(H,17,18,19);/q;+1/p-1. The summed E-state index contributed by atoms with van der Waals surface area (Å²) in [4.78, 5) is 22.4. The summed E-state index contributed by atoms with van der Waals surface area (Å²) in [5.74, 6) is -2.36. The Morgan fingerprint density at radius 2 is 1.39 bits per heavy atom. The van der Waals surface area contributed by atoms with E-state index < -0.39 is 64.5 Å². The summed E-state index contributed by atoms with van der Waals surface area (Å²) in [6.45, 7) is -1.81. The Kier molecular flexibility index (Phi) is 9.54. The van der Waals surface area contributed by atoms with Crippen LogP contribution in [0.4, 0.5) is 0 Å². The van der Waals surface area contributed by atoms with Crippen LogP contribution < -0.4 is 29.6 Å². The Hall–Kier alpha value is -1.01. The summed E-state index contributed by atoms with van der Waals surface area (Å²) in [6, 6.07) is 3.15. The van der Waals surface area contributed by atoms with E-state index >= 15 is 0 Å². The molecule has 1 rings (SSSR count). The molecule has 23 heavy (non-hydrogen) atoms. The Balaban J connectivity index is 0.00000484. The SMILES string of the molecule is O=C(OCCO)c1cccc(C(=O)OCCO)c1S(=O)(=O)[O-].[Na+]. The first kappa shape index (κ1) is 22.0. The molecular weight excluding hydrogens is 343 g/mol. The van der Waals surface area contributed by atoms with E-state index in [2.05, 4.69) is 9.47 Å². The molecule has 0 bridgehead atoms. The smallest absolute Gasteiger partial charge is 0.744 e. The fourth-order valence-electron chi connectivity index (χ4n) is 1.56. The molecule has 0 unspecified atom stereocenters. The molecular formula is C12H13NaO9S. The first-order valence-electron chi connectivity index (χ1n) is 5.97. The van der Waals surface area contributed by atoms with Crippen molar-refractivity contribution in [1.29, 1.82) is 0 Å². The van der Waals surface area contributed by atoms with Gasteiger partial charge in [-0.25, -0.2) is 18.0 Å². The van der Waals surface area contributed by atoms with Gasteiger partial charge in [-0.3, -0.25) is 0 Å². The Bertz CT molecular complexity index is 618. The molecule has 0 aromatic heterocycles. The van der Waals surface area contributed by atoms with Crippen LogP contribution in [0.3, 0.4) is 0 Å². The van der Waals surface area contributed by atoms with E-state index in [1.54, 1.807) is 0 Å². The second kappa shape index (κ2) is 9.98. The van der Waals surface area contributed by atoms with Crippen LogP contribution in [0.1, 0.15) is 20.7 Å². The van der Waals surface area contributed by atoms with E-state index in [4.69, 9.17) is 10.2 Å². The van der Waals surface area contributed by atoms with Gasteiger partial charge in [0.25, 0.3) is 0 Å². The molecule has 11 heteroatoms. The molecule has 0 radical (unpaired) electrons. The summed E-state index contributed by atoms with van der Waals surface area (Å²) in [5, 5.41) is 17.2. The zero-order valence-electron chi connectivity index (χ0n) is 12.2. The maximum atomic E-state index is 11.7. The molecule has 2 N–H and O–H groups in total. The van der Waals surface area contributed by atoms with Crippen LogP contribution in [0.25, 0.3) is 0 Å². The van der Waals surface area contributed by atoms with Crippen LogP contribution in [-0.2, 0) is 19.6 Å². The zero-order chi connectivity index (χ0) is 16.8. The van der Waals surface area contributed by atoms with E-state index in [9.17, 15) is 22.6 Å². The minimum Gasteiger partial charge on any atom is -0.744 e. The van der Waals surface area contributed by atoms with Crippen LogP contribution in [0.2, 0.25) is 0 Å². The van der Waals surface area contributed by atoms with Crippen molar-refractivity contribution in [3.05, 3.63) is 29.3 Å². The molecule has 1 aromatic rings. The average molecular weight is 356 g/mol. The summed E-state index contributed by atoms with van der Waals surface area (Å²) in [7, 11) is -5.18. The van der Waals surface area contributed by atoms with Gasteiger partial charge in [-0.2, -0.15) is 0 Å². The van der Waals surface area contributed by atoms with Gasteiger partial charge in [0.2, 0.25) is 0 Å². The molecule has 0 atom stereocenters. The topological polar surface area (TPSA) is 150 Å². The largest absolute Gasteiger partial charge is 1.00 e. The monoisotopic (exact) mass is 356 g/mol.